The number of rotatable bonds is 6. The van der Waals surface area contributed by atoms with Gasteiger partial charge in [0.15, 0.2) is 5.75 Å². The van der Waals surface area contributed by atoms with Gasteiger partial charge in [-0.2, -0.15) is 0 Å². The first-order valence-corrected chi connectivity index (χ1v) is 5.02. The van der Waals surface area contributed by atoms with Crippen molar-refractivity contribution >= 4 is 11.6 Å². The average molecular weight is 220 g/mol. The highest BCUT2D eigenvalue weighted by atomic mass is 16.5. The van der Waals surface area contributed by atoms with E-state index in [1.54, 1.807) is 12.1 Å². The third kappa shape index (κ3) is 2.76. The van der Waals surface area contributed by atoms with Crippen LogP contribution in [0.2, 0.25) is 0 Å². The number of nitrogens with one attached hydrogen (secondary N) is 1. The molecule has 0 unspecified atom stereocenters. The molecule has 4 nitrogen and oxygen atoms in total. The minimum absolute atomic E-state index is 0.381. The second-order valence-electron chi connectivity index (χ2n) is 3.25. The number of hydrogen-bond donors (Lipinski definition) is 2. The Kier molecular flexibility index (Phi) is 4.39. The normalized spacial score (nSPS) is 9.56. The summed E-state index contributed by atoms with van der Waals surface area (Å²) >= 11 is 0. The van der Waals surface area contributed by atoms with Gasteiger partial charge < -0.3 is 15.8 Å². The molecular formula is C12H16N2O2. The Balaban J connectivity index is 2.94. The molecule has 0 saturated carbocycles. The van der Waals surface area contributed by atoms with Crippen molar-refractivity contribution in [3.05, 3.63) is 36.4 Å². The van der Waals surface area contributed by atoms with E-state index in [4.69, 9.17) is 10.5 Å². The maximum Gasteiger partial charge on any atom is 0.252 e. The molecule has 0 aliphatic heterocycles. The minimum Gasteiger partial charge on any atom is -0.494 e. The van der Waals surface area contributed by atoms with E-state index in [0.29, 0.717) is 11.3 Å². The Bertz CT molecular complexity index is 389. The molecule has 0 fully saturated rings. The number of primary amides is 1. The zero-order valence-corrected chi connectivity index (χ0v) is 9.32. The summed E-state index contributed by atoms with van der Waals surface area (Å²) in [5.41, 5.74) is 6.40. The smallest absolute Gasteiger partial charge is 0.252 e. The van der Waals surface area contributed by atoms with Gasteiger partial charge in [-0.3, -0.25) is 4.79 Å². The molecule has 1 aromatic rings. The molecule has 1 aromatic carbocycles. The monoisotopic (exact) mass is 220 g/mol. The van der Waals surface area contributed by atoms with E-state index in [1.807, 2.05) is 12.1 Å². The van der Waals surface area contributed by atoms with Crippen LogP contribution in [-0.4, -0.2) is 19.6 Å². The molecule has 0 heterocycles. The largest absolute Gasteiger partial charge is 0.494 e. The Morgan fingerprint density at radius 3 is 2.94 bits per heavy atom. The molecule has 0 aromatic heterocycles. The Labute approximate surface area is 95.1 Å². The Morgan fingerprint density at radius 1 is 1.62 bits per heavy atom. The van der Waals surface area contributed by atoms with Crippen LogP contribution in [0.3, 0.4) is 0 Å². The quantitative estimate of drug-likeness (QED) is 0.567. The van der Waals surface area contributed by atoms with Crippen LogP contribution >= 0.6 is 0 Å². The van der Waals surface area contributed by atoms with Gasteiger partial charge in [-0.05, 0) is 18.6 Å². The molecule has 0 aliphatic carbocycles. The predicted molar refractivity (Wildman–Crippen MR) is 64.8 cm³/mol. The lowest BCUT2D eigenvalue weighted by atomic mass is 10.1. The molecule has 1 rings (SSSR count). The highest BCUT2D eigenvalue weighted by Gasteiger charge is 2.12. The third-order valence-electron chi connectivity index (χ3n) is 2.15. The summed E-state index contributed by atoms with van der Waals surface area (Å²) in [7, 11) is 1.51. The Hall–Kier alpha value is -1.97. The fourth-order valence-electron chi connectivity index (χ4n) is 1.40. The van der Waals surface area contributed by atoms with Crippen molar-refractivity contribution in [3.8, 4) is 5.75 Å². The first kappa shape index (κ1) is 12.1. The van der Waals surface area contributed by atoms with E-state index in [0.717, 1.165) is 18.7 Å². The van der Waals surface area contributed by atoms with E-state index in [-0.39, 0.29) is 0 Å². The molecule has 86 valence electrons. The van der Waals surface area contributed by atoms with Crippen LogP contribution in [-0.2, 0) is 0 Å². The maximum absolute atomic E-state index is 11.2. The second kappa shape index (κ2) is 5.80. The molecule has 0 radical (unpaired) electrons. The first-order valence-electron chi connectivity index (χ1n) is 5.02. The summed E-state index contributed by atoms with van der Waals surface area (Å²) in [6.45, 7) is 4.37. The van der Waals surface area contributed by atoms with Gasteiger partial charge in [0.05, 0.1) is 18.4 Å². The lowest BCUT2D eigenvalue weighted by Gasteiger charge is -2.12. The standard InChI is InChI=1S/C12H16N2O2/c1-3-4-8-14-10-7-5-6-9(12(13)15)11(10)16-2/h3,5-7,14H,1,4,8H2,2H3,(H2,13,15). The number of benzene rings is 1. The number of carbonyl (C=O) groups is 1. The molecule has 1 amide bonds. The first-order chi connectivity index (χ1) is 7.70. The number of anilines is 1. The number of ether oxygens (including phenoxy) is 1. The molecular weight excluding hydrogens is 204 g/mol. The van der Waals surface area contributed by atoms with Crippen LogP contribution in [0.4, 0.5) is 5.69 Å². The van der Waals surface area contributed by atoms with Crippen LogP contribution in [0.25, 0.3) is 0 Å². The van der Waals surface area contributed by atoms with Crippen LogP contribution in [0.15, 0.2) is 30.9 Å². The molecule has 16 heavy (non-hydrogen) atoms. The summed E-state index contributed by atoms with van der Waals surface area (Å²) < 4.78 is 5.18. The topological polar surface area (TPSA) is 64.3 Å². The lowest BCUT2D eigenvalue weighted by molar-refractivity contribution is 0.0997. The fraction of sp³-hybridized carbons (Fsp3) is 0.250. The predicted octanol–water partition coefficient (Wildman–Crippen LogP) is 1.78. The molecule has 4 heteroatoms. The highest BCUT2D eigenvalue weighted by molar-refractivity contribution is 5.97. The van der Waals surface area contributed by atoms with Crippen molar-refractivity contribution in [2.24, 2.45) is 5.73 Å². The average Bonchev–Trinajstić information content (AvgIpc) is 2.29. The highest BCUT2D eigenvalue weighted by Crippen LogP contribution is 2.28. The summed E-state index contributed by atoms with van der Waals surface area (Å²) in [6.07, 6.45) is 2.65. The van der Waals surface area contributed by atoms with E-state index in [1.165, 1.54) is 7.11 Å². The van der Waals surface area contributed by atoms with Crippen molar-refractivity contribution in [2.75, 3.05) is 19.0 Å². The lowest BCUT2D eigenvalue weighted by Crippen LogP contribution is -2.13. The van der Waals surface area contributed by atoms with E-state index < -0.39 is 5.91 Å². The van der Waals surface area contributed by atoms with Gasteiger partial charge in [-0.15, -0.1) is 6.58 Å². The van der Waals surface area contributed by atoms with Gasteiger partial charge in [-0.25, -0.2) is 0 Å². The van der Waals surface area contributed by atoms with Gasteiger partial charge in [0, 0.05) is 6.54 Å². The van der Waals surface area contributed by atoms with Gasteiger partial charge in [0.1, 0.15) is 0 Å². The van der Waals surface area contributed by atoms with Gasteiger partial charge in [-0.1, -0.05) is 12.1 Å². The SMILES string of the molecule is C=CCCNc1cccc(C(N)=O)c1OC. The number of carbonyl (C=O) groups excluding carboxylic acids is 1. The molecule has 0 spiro atoms. The van der Waals surface area contributed by atoms with Crippen LogP contribution < -0.4 is 15.8 Å². The van der Waals surface area contributed by atoms with E-state index in [2.05, 4.69) is 11.9 Å². The molecule has 0 saturated heterocycles. The number of methoxy groups -OCH3 is 1. The fourth-order valence-corrected chi connectivity index (χ4v) is 1.40. The van der Waals surface area contributed by atoms with Crippen LogP contribution in [0, 0.1) is 0 Å². The van der Waals surface area contributed by atoms with Crippen molar-refractivity contribution in [3.63, 3.8) is 0 Å². The van der Waals surface area contributed by atoms with Crippen LogP contribution in [0.5, 0.6) is 5.75 Å². The van der Waals surface area contributed by atoms with Gasteiger partial charge in [0.2, 0.25) is 0 Å². The van der Waals surface area contributed by atoms with Gasteiger partial charge in [0.25, 0.3) is 5.91 Å². The third-order valence-corrected chi connectivity index (χ3v) is 2.15. The zero-order valence-electron chi connectivity index (χ0n) is 9.32. The summed E-state index contributed by atoms with van der Waals surface area (Å²) in [5.74, 6) is -0.0108. The number of amides is 1. The van der Waals surface area contributed by atoms with Crippen molar-refractivity contribution in [2.45, 2.75) is 6.42 Å². The van der Waals surface area contributed by atoms with Crippen molar-refractivity contribution < 1.29 is 9.53 Å². The second-order valence-corrected chi connectivity index (χ2v) is 3.25. The molecule has 0 atom stereocenters. The zero-order chi connectivity index (χ0) is 12.0. The van der Waals surface area contributed by atoms with Crippen LogP contribution in [0.1, 0.15) is 16.8 Å². The minimum atomic E-state index is -0.496. The number of para-hydroxylation sites is 1. The maximum atomic E-state index is 11.2. The van der Waals surface area contributed by atoms with Crippen molar-refractivity contribution in [1.82, 2.24) is 0 Å². The summed E-state index contributed by atoms with van der Waals surface area (Å²) in [4.78, 5) is 11.2. The number of hydrogen-bond acceptors (Lipinski definition) is 3. The van der Waals surface area contributed by atoms with E-state index in [9.17, 15) is 4.79 Å². The van der Waals surface area contributed by atoms with Gasteiger partial charge >= 0.3 is 0 Å². The van der Waals surface area contributed by atoms with Crippen molar-refractivity contribution in [1.29, 1.82) is 0 Å². The Morgan fingerprint density at radius 2 is 2.38 bits per heavy atom. The summed E-state index contributed by atoms with van der Waals surface area (Å²) in [6, 6.07) is 5.24. The molecule has 0 aliphatic rings. The summed E-state index contributed by atoms with van der Waals surface area (Å²) in [5, 5.41) is 3.16. The number of nitrogens with two attached hydrogens (primary N) is 1. The van der Waals surface area contributed by atoms with E-state index >= 15 is 0 Å². The molecule has 3 N–H and O–H groups in total. The molecule has 0 bridgehead atoms.